The second-order valence-electron chi connectivity index (χ2n) is 5.84. The quantitative estimate of drug-likeness (QED) is 0.891. The molecular weight excluding hydrogens is 248 g/mol. The first-order chi connectivity index (χ1) is 9.64. The standard InChI is InChI=1S/C18H20O2/c1-18(19)12-16(14-8-4-2-5-9-14)20-17(13-18)15-10-6-3-7-11-15/h2-11,16-17,19H,12-13H2,1H3/t16-,17+,18?. The number of ether oxygens (including phenoxy) is 1. The van der Waals surface area contributed by atoms with Gasteiger partial charge in [-0.1, -0.05) is 60.7 Å². The van der Waals surface area contributed by atoms with Crippen molar-refractivity contribution >= 4 is 0 Å². The Hall–Kier alpha value is -1.64. The Morgan fingerprint density at radius 2 is 1.25 bits per heavy atom. The minimum Gasteiger partial charge on any atom is -0.390 e. The number of rotatable bonds is 2. The van der Waals surface area contributed by atoms with Crippen LogP contribution in [-0.2, 0) is 4.74 Å². The lowest BCUT2D eigenvalue weighted by Crippen LogP contribution is -2.36. The largest absolute Gasteiger partial charge is 0.390 e. The van der Waals surface area contributed by atoms with Crippen LogP contribution in [0.5, 0.6) is 0 Å². The summed E-state index contributed by atoms with van der Waals surface area (Å²) < 4.78 is 6.23. The number of benzene rings is 2. The van der Waals surface area contributed by atoms with Crippen molar-refractivity contribution in [3.63, 3.8) is 0 Å². The fourth-order valence-corrected chi connectivity index (χ4v) is 2.90. The number of hydrogen-bond acceptors (Lipinski definition) is 2. The van der Waals surface area contributed by atoms with E-state index in [1.54, 1.807) is 0 Å². The first-order valence-corrected chi connectivity index (χ1v) is 7.12. The summed E-state index contributed by atoms with van der Waals surface area (Å²) in [6, 6.07) is 20.3. The van der Waals surface area contributed by atoms with Gasteiger partial charge in [-0.3, -0.25) is 0 Å². The molecule has 1 unspecified atom stereocenters. The third-order valence-electron chi connectivity index (χ3n) is 3.92. The molecule has 0 spiro atoms. The predicted octanol–water partition coefficient (Wildman–Crippen LogP) is 4.03. The molecule has 1 aliphatic heterocycles. The summed E-state index contributed by atoms with van der Waals surface area (Å²) >= 11 is 0. The van der Waals surface area contributed by atoms with Crippen LogP contribution in [-0.4, -0.2) is 10.7 Å². The van der Waals surface area contributed by atoms with Crippen molar-refractivity contribution in [1.82, 2.24) is 0 Å². The van der Waals surface area contributed by atoms with Gasteiger partial charge < -0.3 is 9.84 Å². The van der Waals surface area contributed by atoms with Crippen molar-refractivity contribution in [2.45, 2.75) is 37.6 Å². The molecule has 0 amide bonds. The van der Waals surface area contributed by atoms with Gasteiger partial charge in [0.05, 0.1) is 17.8 Å². The van der Waals surface area contributed by atoms with Crippen LogP contribution < -0.4 is 0 Å². The van der Waals surface area contributed by atoms with Crippen LogP contribution in [0.25, 0.3) is 0 Å². The minimum atomic E-state index is -0.695. The topological polar surface area (TPSA) is 29.5 Å². The molecule has 20 heavy (non-hydrogen) atoms. The van der Waals surface area contributed by atoms with Crippen LogP contribution in [0.4, 0.5) is 0 Å². The Bertz CT molecular complexity index is 499. The van der Waals surface area contributed by atoms with Crippen molar-refractivity contribution in [2.75, 3.05) is 0 Å². The maximum Gasteiger partial charge on any atom is 0.0860 e. The van der Waals surface area contributed by atoms with E-state index in [4.69, 9.17) is 4.74 Å². The van der Waals surface area contributed by atoms with Crippen molar-refractivity contribution in [3.8, 4) is 0 Å². The van der Waals surface area contributed by atoms with E-state index in [0.29, 0.717) is 12.8 Å². The maximum absolute atomic E-state index is 10.6. The summed E-state index contributed by atoms with van der Waals surface area (Å²) in [5.41, 5.74) is 1.57. The van der Waals surface area contributed by atoms with Crippen LogP contribution >= 0.6 is 0 Å². The highest BCUT2D eigenvalue weighted by atomic mass is 16.5. The van der Waals surface area contributed by atoms with Gasteiger partial charge in [0.2, 0.25) is 0 Å². The van der Waals surface area contributed by atoms with Gasteiger partial charge in [0.1, 0.15) is 0 Å². The van der Waals surface area contributed by atoms with E-state index in [9.17, 15) is 5.11 Å². The van der Waals surface area contributed by atoms with Gasteiger partial charge in [-0.2, -0.15) is 0 Å². The maximum atomic E-state index is 10.6. The zero-order chi connectivity index (χ0) is 14.0. The van der Waals surface area contributed by atoms with Gasteiger partial charge in [0, 0.05) is 12.8 Å². The Balaban J connectivity index is 1.87. The van der Waals surface area contributed by atoms with E-state index >= 15 is 0 Å². The van der Waals surface area contributed by atoms with Crippen LogP contribution in [0.1, 0.15) is 43.1 Å². The molecule has 0 aromatic heterocycles. The molecule has 0 radical (unpaired) electrons. The summed E-state index contributed by atoms with van der Waals surface area (Å²) in [5, 5.41) is 10.6. The zero-order valence-electron chi connectivity index (χ0n) is 11.7. The van der Waals surface area contributed by atoms with Crippen molar-refractivity contribution in [2.24, 2.45) is 0 Å². The number of hydrogen-bond donors (Lipinski definition) is 1. The molecule has 0 bridgehead atoms. The van der Waals surface area contributed by atoms with E-state index in [1.807, 2.05) is 43.3 Å². The lowest BCUT2D eigenvalue weighted by Gasteiger charge is -2.39. The minimum absolute atomic E-state index is 0.0508. The molecule has 1 fully saturated rings. The van der Waals surface area contributed by atoms with Gasteiger partial charge in [-0.15, -0.1) is 0 Å². The number of aliphatic hydroxyl groups is 1. The molecule has 104 valence electrons. The van der Waals surface area contributed by atoms with Crippen LogP contribution in [0.15, 0.2) is 60.7 Å². The van der Waals surface area contributed by atoms with Crippen molar-refractivity contribution in [3.05, 3.63) is 71.8 Å². The van der Waals surface area contributed by atoms with Gasteiger partial charge in [0.25, 0.3) is 0 Å². The monoisotopic (exact) mass is 268 g/mol. The Morgan fingerprint density at radius 3 is 1.65 bits per heavy atom. The van der Waals surface area contributed by atoms with Crippen LogP contribution in [0.2, 0.25) is 0 Å². The summed E-state index contributed by atoms with van der Waals surface area (Å²) in [4.78, 5) is 0. The van der Waals surface area contributed by atoms with Crippen molar-refractivity contribution < 1.29 is 9.84 Å². The van der Waals surface area contributed by atoms with E-state index in [1.165, 1.54) is 0 Å². The Labute approximate surface area is 120 Å². The van der Waals surface area contributed by atoms with Crippen molar-refractivity contribution in [1.29, 1.82) is 0 Å². The van der Waals surface area contributed by atoms with E-state index in [0.717, 1.165) is 11.1 Å². The summed E-state index contributed by atoms with van der Waals surface area (Å²) in [6.45, 7) is 1.90. The molecule has 2 heteroatoms. The van der Waals surface area contributed by atoms with Gasteiger partial charge in [-0.25, -0.2) is 0 Å². The molecule has 2 aromatic rings. The second-order valence-corrected chi connectivity index (χ2v) is 5.84. The summed E-state index contributed by atoms with van der Waals surface area (Å²) in [7, 11) is 0. The van der Waals surface area contributed by atoms with Crippen LogP contribution in [0.3, 0.4) is 0 Å². The Kier molecular flexibility index (Phi) is 3.60. The highest BCUT2D eigenvalue weighted by Crippen LogP contribution is 2.43. The molecule has 1 aliphatic rings. The first-order valence-electron chi connectivity index (χ1n) is 7.12. The lowest BCUT2D eigenvalue weighted by molar-refractivity contribution is -0.140. The average molecular weight is 268 g/mol. The Morgan fingerprint density at radius 1 is 0.850 bits per heavy atom. The van der Waals surface area contributed by atoms with Crippen LogP contribution in [0, 0.1) is 0 Å². The molecule has 1 N–H and O–H groups in total. The second kappa shape index (κ2) is 5.39. The van der Waals surface area contributed by atoms with Gasteiger partial charge in [0.15, 0.2) is 0 Å². The summed E-state index contributed by atoms with van der Waals surface area (Å²) in [6.07, 6.45) is 1.18. The SMILES string of the molecule is CC1(O)C[C@@H](c2ccccc2)O[C@@H](c2ccccc2)C1. The normalized spacial score (nSPS) is 30.1. The highest BCUT2D eigenvalue weighted by molar-refractivity contribution is 5.22. The molecule has 2 nitrogen and oxygen atoms in total. The third kappa shape index (κ3) is 2.92. The molecule has 1 heterocycles. The predicted molar refractivity (Wildman–Crippen MR) is 79.3 cm³/mol. The van der Waals surface area contributed by atoms with Gasteiger partial charge >= 0.3 is 0 Å². The van der Waals surface area contributed by atoms with Gasteiger partial charge in [-0.05, 0) is 18.1 Å². The molecular formula is C18H20O2. The highest BCUT2D eigenvalue weighted by Gasteiger charge is 2.37. The summed E-state index contributed by atoms with van der Waals surface area (Å²) in [5.74, 6) is 0. The molecule has 3 rings (SSSR count). The molecule has 2 aromatic carbocycles. The molecule has 0 aliphatic carbocycles. The van der Waals surface area contributed by atoms with E-state index in [2.05, 4.69) is 24.3 Å². The molecule has 1 saturated heterocycles. The fraction of sp³-hybridized carbons (Fsp3) is 0.333. The van der Waals surface area contributed by atoms with E-state index < -0.39 is 5.60 Å². The average Bonchev–Trinajstić information content (AvgIpc) is 2.47. The molecule has 0 saturated carbocycles. The zero-order valence-corrected chi connectivity index (χ0v) is 11.7. The first kappa shape index (κ1) is 13.3. The van der Waals surface area contributed by atoms with E-state index in [-0.39, 0.29) is 12.2 Å². The third-order valence-corrected chi connectivity index (χ3v) is 3.92. The fourth-order valence-electron chi connectivity index (χ4n) is 2.90. The smallest absolute Gasteiger partial charge is 0.0860 e. The molecule has 3 atom stereocenters. The lowest BCUT2D eigenvalue weighted by atomic mass is 9.84.